The Morgan fingerprint density at radius 3 is 2.28 bits per heavy atom. The second-order valence-electron chi connectivity index (χ2n) is 7.39. The Morgan fingerprint density at radius 1 is 1.04 bits per heavy atom. The number of aliphatic carboxylic acids is 1. The molecule has 3 rings (SSSR count). The first-order valence-electron chi connectivity index (χ1n) is 9.32. The van der Waals surface area contributed by atoms with Crippen molar-refractivity contribution >= 4 is 11.9 Å². The first kappa shape index (κ1) is 17.9. The molecular weight excluding hydrogens is 321 g/mol. The van der Waals surface area contributed by atoms with Crippen LogP contribution in [0.1, 0.15) is 50.5 Å². The van der Waals surface area contributed by atoms with Crippen molar-refractivity contribution in [2.45, 2.75) is 57.4 Å². The Morgan fingerprint density at radius 2 is 1.68 bits per heavy atom. The number of hydrogen-bond acceptors (Lipinski definition) is 2. The summed E-state index contributed by atoms with van der Waals surface area (Å²) in [6, 6.07) is 6.71. The van der Waals surface area contributed by atoms with E-state index in [1.54, 1.807) is 12.1 Å². The third-order valence-electron chi connectivity index (χ3n) is 5.73. The molecule has 0 radical (unpaired) electrons. The van der Waals surface area contributed by atoms with E-state index in [-0.39, 0.29) is 29.6 Å². The fourth-order valence-electron chi connectivity index (χ4n) is 4.25. The van der Waals surface area contributed by atoms with Crippen LogP contribution in [0.15, 0.2) is 24.3 Å². The lowest BCUT2D eigenvalue weighted by Crippen LogP contribution is -2.43. The van der Waals surface area contributed by atoms with E-state index in [1.807, 2.05) is 4.90 Å². The van der Waals surface area contributed by atoms with Crippen LogP contribution in [0.3, 0.4) is 0 Å². The van der Waals surface area contributed by atoms with Gasteiger partial charge in [-0.2, -0.15) is 0 Å². The van der Waals surface area contributed by atoms with Gasteiger partial charge in [-0.05, 0) is 56.2 Å². The molecule has 2 fully saturated rings. The van der Waals surface area contributed by atoms with Gasteiger partial charge in [-0.1, -0.05) is 25.0 Å². The Balaban J connectivity index is 1.65. The van der Waals surface area contributed by atoms with Crippen LogP contribution in [0, 0.1) is 17.7 Å². The molecule has 2 aliphatic rings. The van der Waals surface area contributed by atoms with E-state index < -0.39 is 5.97 Å². The highest BCUT2D eigenvalue weighted by Gasteiger charge is 2.38. The average molecular weight is 347 g/mol. The van der Waals surface area contributed by atoms with Crippen LogP contribution in [0.5, 0.6) is 0 Å². The Bertz CT molecular complexity index is 610. The number of rotatable bonds is 6. The van der Waals surface area contributed by atoms with Crippen LogP contribution in [0.2, 0.25) is 0 Å². The van der Waals surface area contributed by atoms with Gasteiger partial charge in [0.1, 0.15) is 5.82 Å². The van der Waals surface area contributed by atoms with Gasteiger partial charge in [-0.3, -0.25) is 9.59 Å². The Labute approximate surface area is 148 Å². The molecule has 2 aliphatic carbocycles. The number of nitrogens with zero attached hydrogens (tertiary/aromatic N) is 1. The van der Waals surface area contributed by atoms with Crippen LogP contribution in [-0.4, -0.2) is 34.5 Å². The summed E-state index contributed by atoms with van der Waals surface area (Å²) in [7, 11) is 0. The topological polar surface area (TPSA) is 57.6 Å². The summed E-state index contributed by atoms with van der Waals surface area (Å²) in [6.07, 6.45) is 6.80. The molecule has 5 heteroatoms. The van der Waals surface area contributed by atoms with Crippen molar-refractivity contribution < 1.29 is 19.1 Å². The standard InChI is InChI=1S/C20H26FNO3/c21-17-9-5-14(6-10-17)11-12-22(18-3-1-2-4-18)19(23)15-7-8-16(13-15)20(24)25/h5-6,9-10,15-16,18H,1-4,7-8,11-13H2,(H,24,25)/t15-,16+/m0/s1. The van der Waals surface area contributed by atoms with E-state index in [2.05, 4.69) is 0 Å². The molecule has 0 spiro atoms. The van der Waals surface area contributed by atoms with Gasteiger partial charge in [0, 0.05) is 18.5 Å². The van der Waals surface area contributed by atoms with Gasteiger partial charge in [0.05, 0.1) is 5.92 Å². The lowest BCUT2D eigenvalue weighted by molar-refractivity contribution is -0.142. The maximum atomic E-state index is 13.1. The lowest BCUT2D eigenvalue weighted by Gasteiger charge is -2.31. The third-order valence-corrected chi connectivity index (χ3v) is 5.73. The molecule has 0 heterocycles. The van der Waals surface area contributed by atoms with E-state index >= 15 is 0 Å². The fourth-order valence-corrected chi connectivity index (χ4v) is 4.25. The van der Waals surface area contributed by atoms with Gasteiger partial charge >= 0.3 is 5.97 Å². The molecular formula is C20H26FNO3. The number of carbonyl (C=O) groups excluding carboxylic acids is 1. The highest BCUT2D eigenvalue weighted by Crippen LogP contribution is 2.34. The van der Waals surface area contributed by atoms with Crippen molar-refractivity contribution in [3.8, 4) is 0 Å². The first-order valence-corrected chi connectivity index (χ1v) is 9.32. The molecule has 1 amide bonds. The van der Waals surface area contributed by atoms with Crippen LogP contribution < -0.4 is 0 Å². The normalized spacial score (nSPS) is 23.7. The lowest BCUT2D eigenvalue weighted by atomic mass is 10.0. The van der Waals surface area contributed by atoms with Crippen molar-refractivity contribution in [2.75, 3.05) is 6.54 Å². The van der Waals surface area contributed by atoms with Crippen LogP contribution >= 0.6 is 0 Å². The molecule has 0 saturated heterocycles. The molecule has 136 valence electrons. The highest BCUT2D eigenvalue weighted by atomic mass is 19.1. The summed E-state index contributed by atoms with van der Waals surface area (Å²) in [4.78, 5) is 26.2. The molecule has 1 aromatic rings. The summed E-state index contributed by atoms with van der Waals surface area (Å²) < 4.78 is 13.1. The van der Waals surface area contributed by atoms with Gasteiger partial charge in [0.25, 0.3) is 0 Å². The van der Waals surface area contributed by atoms with Crippen molar-refractivity contribution in [2.24, 2.45) is 11.8 Å². The summed E-state index contributed by atoms with van der Waals surface area (Å²) in [5.41, 5.74) is 1.02. The van der Waals surface area contributed by atoms with Crippen molar-refractivity contribution in [1.29, 1.82) is 0 Å². The number of hydrogen-bond donors (Lipinski definition) is 1. The minimum Gasteiger partial charge on any atom is -0.481 e. The SMILES string of the molecule is O=C(O)[C@@H]1CC[C@H](C(=O)N(CCc2ccc(F)cc2)C2CCCC2)C1. The number of carboxylic acids is 1. The zero-order valence-electron chi connectivity index (χ0n) is 14.5. The van der Waals surface area contributed by atoms with Gasteiger partial charge in [0.2, 0.25) is 5.91 Å². The molecule has 0 aliphatic heterocycles. The smallest absolute Gasteiger partial charge is 0.306 e. The minimum absolute atomic E-state index is 0.123. The van der Waals surface area contributed by atoms with Gasteiger partial charge in [-0.15, -0.1) is 0 Å². The molecule has 25 heavy (non-hydrogen) atoms. The quantitative estimate of drug-likeness (QED) is 0.855. The van der Waals surface area contributed by atoms with E-state index in [1.165, 1.54) is 12.1 Å². The van der Waals surface area contributed by atoms with E-state index in [9.17, 15) is 19.1 Å². The average Bonchev–Trinajstić information content (AvgIpc) is 3.28. The number of carbonyl (C=O) groups is 2. The molecule has 1 N–H and O–H groups in total. The third kappa shape index (κ3) is 4.39. The van der Waals surface area contributed by atoms with Crippen LogP contribution in [-0.2, 0) is 16.0 Å². The van der Waals surface area contributed by atoms with E-state index in [4.69, 9.17) is 0 Å². The molecule has 4 nitrogen and oxygen atoms in total. The Kier molecular flexibility index (Phi) is 5.71. The minimum atomic E-state index is -0.783. The predicted octanol–water partition coefficient (Wildman–Crippen LogP) is 3.64. The van der Waals surface area contributed by atoms with Crippen molar-refractivity contribution in [3.05, 3.63) is 35.6 Å². The zero-order chi connectivity index (χ0) is 17.8. The summed E-state index contributed by atoms with van der Waals surface area (Å²) >= 11 is 0. The number of amides is 1. The maximum Gasteiger partial charge on any atom is 0.306 e. The summed E-state index contributed by atoms with van der Waals surface area (Å²) in [5, 5.41) is 9.18. The fraction of sp³-hybridized carbons (Fsp3) is 0.600. The number of benzene rings is 1. The van der Waals surface area contributed by atoms with Crippen molar-refractivity contribution in [1.82, 2.24) is 4.90 Å². The summed E-state index contributed by atoms with van der Waals surface area (Å²) in [6.45, 7) is 0.628. The molecule has 2 saturated carbocycles. The molecule has 0 aromatic heterocycles. The van der Waals surface area contributed by atoms with Crippen LogP contribution in [0.25, 0.3) is 0 Å². The molecule has 0 unspecified atom stereocenters. The molecule has 2 atom stereocenters. The van der Waals surface area contributed by atoms with Crippen molar-refractivity contribution in [3.63, 3.8) is 0 Å². The number of carboxylic acid groups (broad SMARTS) is 1. The Hall–Kier alpha value is -1.91. The molecule has 1 aromatic carbocycles. The first-order chi connectivity index (χ1) is 12.0. The van der Waals surface area contributed by atoms with Gasteiger partial charge in [0.15, 0.2) is 0 Å². The zero-order valence-corrected chi connectivity index (χ0v) is 14.5. The highest BCUT2D eigenvalue weighted by molar-refractivity contribution is 5.81. The largest absolute Gasteiger partial charge is 0.481 e. The van der Waals surface area contributed by atoms with Gasteiger partial charge < -0.3 is 10.0 Å². The van der Waals surface area contributed by atoms with Gasteiger partial charge in [-0.25, -0.2) is 4.39 Å². The maximum absolute atomic E-state index is 13.1. The summed E-state index contributed by atoms with van der Waals surface area (Å²) in [5.74, 6) is -1.45. The van der Waals surface area contributed by atoms with Crippen LogP contribution in [0.4, 0.5) is 4.39 Å². The number of halogens is 1. The second-order valence-corrected chi connectivity index (χ2v) is 7.39. The molecule has 0 bridgehead atoms. The predicted molar refractivity (Wildman–Crippen MR) is 92.5 cm³/mol. The monoisotopic (exact) mass is 347 g/mol. The van der Waals surface area contributed by atoms with E-state index in [0.717, 1.165) is 31.2 Å². The second kappa shape index (κ2) is 7.98. The van der Waals surface area contributed by atoms with E-state index in [0.29, 0.717) is 32.2 Å².